The second-order valence-electron chi connectivity index (χ2n) is 8.92. The molecule has 6 nitrogen and oxygen atoms in total. The highest BCUT2D eigenvalue weighted by Crippen LogP contribution is 2.35. The predicted molar refractivity (Wildman–Crippen MR) is 129 cm³/mol. The van der Waals surface area contributed by atoms with Gasteiger partial charge in [-0.1, -0.05) is 36.4 Å². The zero-order chi connectivity index (χ0) is 22.8. The normalized spacial score (nSPS) is 17.5. The zero-order valence-corrected chi connectivity index (χ0v) is 18.8. The van der Waals surface area contributed by atoms with Gasteiger partial charge < -0.3 is 10.6 Å². The molecule has 33 heavy (non-hydrogen) atoms. The van der Waals surface area contributed by atoms with E-state index < -0.39 is 0 Å². The molecule has 0 aliphatic heterocycles. The summed E-state index contributed by atoms with van der Waals surface area (Å²) >= 11 is 0. The Balaban J connectivity index is 1.28. The van der Waals surface area contributed by atoms with Crippen molar-refractivity contribution in [2.24, 2.45) is 0 Å². The van der Waals surface area contributed by atoms with Crippen molar-refractivity contribution >= 4 is 23.7 Å². The molecule has 1 heterocycles. The molecule has 6 heteroatoms. The number of hydrogen-bond acceptors (Lipinski definition) is 3. The Morgan fingerprint density at radius 2 is 1.85 bits per heavy atom. The molecular weight excluding hydrogens is 412 g/mol. The van der Waals surface area contributed by atoms with Crippen molar-refractivity contribution in [1.82, 2.24) is 15.1 Å². The lowest BCUT2D eigenvalue weighted by Gasteiger charge is -2.27. The van der Waals surface area contributed by atoms with E-state index in [1.54, 1.807) is 18.2 Å². The van der Waals surface area contributed by atoms with Gasteiger partial charge in [-0.15, -0.1) is 0 Å². The van der Waals surface area contributed by atoms with Gasteiger partial charge >= 0.3 is 0 Å². The number of nitrogens with one attached hydrogen (secondary N) is 2. The maximum absolute atomic E-state index is 12.7. The summed E-state index contributed by atoms with van der Waals surface area (Å²) in [4.78, 5) is 24.8. The van der Waals surface area contributed by atoms with Gasteiger partial charge in [-0.05, 0) is 73.9 Å². The highest BCUT2D eigenvalue weighted by atomic mass is 16.2. The molecule has 1 saturated carbocycles. The van der Waals surface area contributed by atoms with E-state index in [1.165, 1.54) is 17.2 Å². The van der Waals surface area contributed by atoms with Crippen LogP contribution < -0.4 is 10.6 Å². The fourth-order valence-corrected chi connectivity index (χ4v) is 4.40. The predicted octanol–water partition coefficient (Wildman–Crippen LogP) is 4.66. The van der Waals surface area contributed by atoms with Crippen molar-refractivity contribution in [2.75, 3.05) is 5.32 Å². The van der Waals surface area contributed by atoms with Crippen LogP contribution in [-0.4, -0.2) is 27.6 Å². The quantitative estimate of drug-likeness (QED) is 0.548. The van der Waals surface area contributed by atoms with Crippen LogP contribution in [0.1, 0.15) is 64.3 Å². The third-order valence-corrected chi connectivity index (χ3v) is 6.37. The Kier molecular flexibility index (Phi) is 5.82. The molecule has 2 aliphatic rings. The lowest BCUT2D eigenvalue weighted by atomic mass is 9.88. The number of hydrogen-bond donors (Lipinski definition) is 2. The number of anilines is 1. The van der Waals surface area contributed by atoms with Gasteiger partial charge in [0.05, 0.1) is 12.2 Å². The zero-order valence-electron chi connectivity index (χ0n) is 18.8. The first-order valence-electron chi connectivity index (χ1n) is 11.6. The summed E-state index contributed by atoms with van der Waals surface area (Å²) in [5.41, 5.74) is 5.07. The number of amides is 2. The molecule has 2 aliphatic carbocycles. The van der Waals surface area contributed by atoms with Gasteiger partial charge in [0.2, 0.25) is 5.91 Å². The minimum atomic E-state index is -0.209. The highest BCUT2D eigenvalue weighted by molar-refractivity contribution is 6.02. The third kappa shape index (κ3) is 4.75. The number of fused-ring (bicyclic) bond motifs is 1. The van der Waals surface area contributed by atoms with E-state index in [0.29, 0.717) is 11.6 Å². The number of nitrogens with zero attached hydrogens (tertiary/aromatic N) is 2. The lowest BCUT2D eigenvalue weighted by Crippen LogP contribution is -2.25. The minimum absolute atomic E-state index is 0.0428. The maximum atomic E-state index is 12.7. The van der Waals surface area contributed by atoms with Gasteiger partial charge in [-0.3, -0.25) is 9.59 Å². The Bertz CT molecular complexity index is 1210. The van der Waals surface area contributed by atoms with Gasteiger partial charge in [-0.25, -0.2) is 4.68 Å². The summed E-state index contributed by atoms with van der Waals surface area (Å²) in [7, 11) is 0. The maximum Gasteiger partial charge on any atom is 0.251 e. The van der Waals surface area contributed by atoms with Crippen LogP contribution in [0.5, 0.6) is 0 Å². The first-order valence-corrected chi connectivity index (χ1v) is 11.6. The minimum Gasteiger partial charge on any atom is -0.349 e. The van der Waals surface area contributed by atoms with Gasteiger partial charge in [0.1, 0.15) is 5.82 Å². The Morgan fingerprint density at radius 1 is 1.06 bits per heavy atom. The monoisotopic (exact) mass is 440 g/mol. The molecular formula is C27H28N4O2. The molecule has 1 atom stereocenters. The summed E-state index contributed by atoms with van der Waals surface area (Å²) in [6, 6.07) is 16.2. The molecule has 5 rings (SSSR count). The van der Waals surface area contributed by atoms with Gasteiger partial charge in [0, 0.05) is 23.2 Å². The molecule has 3 aromatic rings. The van der Waals surface area contributed by atoms with E-state index in [9.17, 15) is 9.59 Å². The summed E-state index contributed by atoms with van der Waals surface area (Å²) in [5, 5.41) is 10.6. The molecule has 1 unspecified atom stereocenters. The largest absolute Gasteiger partial charge is 0.349 e. The van der Waals surface area contributed by atoms with E-state index in [4.69, 9.17) is 0 Å². The molecule has 0 saturated heterocycles. The fraction of sp³-hybridized carbons (Fsp3) is 0.296. The first kappa shape index (κ1) is 21.2. The van der Waals surface area contributed by atoms with E-state index in [1.807, 2.05) is 29.9 Å². The smallest absolute Gasteiger partial charge is 0.251 e. The van der Waals surface area contributed by atoms with Crippen molar-refractivity contribution in [1.29, 1.82) is 0 Å². The number of rotatable bonds is 6. The van der Waals surface area contributed by atoms with Crippen LogP contribution in [0.3, 0.4) is 0 Å². The molecule has 168 valence electrons. The van der Waals surface area contributed by atoms with Crippen LogP contribution in [0.15, 0.2) is 60.8 Å². The van der Waals surface area contributed by atoms with Crippen LogP contribution in [-0.2, 0) is 11.2 Å². The second kappa shape index (κ2) is 9.06. The summed E-state index contributed by atoms with van der Waals surface area (Å²) in [5.74, 6) is 0.483. The number of aromatic nitrogens is 2. The lowest BCUT2D eigenvalue weighted by molar-refractivity contribution is -0.111. The van der Waals surface area contributed by atoms with Crippen molar-refractivity contribution in [3.63, 3.8) is 0 Å². The third-order valence-electron chi connectivity index (χ3n) is 6.37. The molecule has 2 aromatic carbocycles. The topological polar surface area (TPSA) is 76.0 Å². The van der Waals surface area contributed by atoms with Crippen LogP contribution in [0, 0.1) is 6.92 Å². The summed E-state index contributed by atoms with van der Waals surface area (Å²) < 4.78 is 1.95. The van der Waals surface area contributed by atoms with Crippen molar-refractivity contribution in [3.8, 4) is 0 Å². The average Bonchev–Trinajstić information content (AvgIpc) is 3.59. The number of aryl methyl sites for hydroxylation is 2. The van der Waals surface area contributed by atoms with Crippen molar-refractivity contribution in [2.45, 2.75) is 51.1 Å². The Morgan fingerprint density at radius 3 is 2.64 bits per heavy atom. The summed E-state index contributed by atoms with van der Waals surface area (Å²) in [6.07, 6.45) is 10.4. The van der Waals surface area contributed by atoms with Gasteiger partial charge in [-0.2, -0.15) is 5.10 Å². The van der Waals surface area contributed by atoms with Gasteiger partial charge in [0.15, 0.2) is 0 Å². The molecule has 1 fully saturated rings. The first-order chi connectivity index (χ1) is 16.1. The SMILES string of the molecule is Cc1cnn(C2CCCc3ccccc32)c1NC(=O)/C=C/c1ccc(C(=O)NC2CC2)cc1. The molecule has 0 bridgehead atoms. The Labute approximate surface area is 193 Å². The molecule has 1 aromatic heterocycles. The van der Waals surface area contributed by atoms with Crippen LogP contribution in [0.4, 0.5) is 5.82 Å². The highest BCUT2D eigenvalue weighted by Gasteiger charge is 2.25. The van der Waals surface area contributed by atoms with E-state index in [0.717, 1.165) is 49.0 Å². The van der Waals surface area contributed by atoms with Crippen LogP contribution >= 0.6 is 0 Å². The van der Waals surface area contributed by atoms with Crippen LogP contribution in [0.2, 0.25) is 0 Å². The molecule has 2 N–H and O–H groups in total. The Hall–Kier alpha value is -3.67. The molecule has 0 spiro atoms. The number of benzene rings is 2. The average molecular weight is 441 g/mol. The fourth-order valence-electron chi connectivity index (χ4n) is 4.40. The molecule has 0 radical (unpaired) electrons. The van der Waals surface area contributed by atoms with Crippen molar-refractivity contribution in [3.05, 3.63) is 88.6 Å². The number of carbonyl (C=O) groups excluding carboxylic acids is 2. The van der Waals surface area contributed by atoms with E-state index >= 15 is 0 Å². The summed E-state index contributed by atoms with van der Waals surface area (Å²) in [6.45, 7) is 1.96. The van der Waals surface area contributed by atoms with E-state index in [-0.39, 0.29) is 17.9 Å². The second-order valence-corrected chi connectivity index (χ2v) is 8.92. The van der Waals surface area contributed by atoms with Crippen molar-refractivity contribution < 1.29 is 9.59 Å². The molecule has 2 amide bonds. The van der Waals surface area contributed by atoms with Gasteiger partial charge in [0.25, 0.3) is 5.91 Å². The number of carbonyl (C=O) groups is 2. The van der Waals surface area contributed by atoms with Crippen LogP contribution in [0.25, 0.3) is 6.08 Å². The standard InChI is InChI=1S/C27H28N4O2/c1-18-17-28-31(24-8-4-6-20-5-2-3-7-23(20)24)26(18)30-25(32)16-11-19-9-12-21(13-10-19)27(33)29-22-14-15-22/h2-3,5,7,9-13,16-17,22,24H,4,6,8,14-15H2,1H3,(H,29,33)(H,30,32)/b16-11+. The van der Waals surface area contributed by atoms with E-state index in [2.05, 4.69) is 40.0 Å².